The van der Waals surface area contributed by atoms with Crippen molar-refractivity contribution >= 4 is 5.69 Å². The third-order valence-corrected chi connectivity index (χ3v) is 2.48. The Labute approximate surface area is 87.2 Å². The zero-order chi connectivity index (χ0) is 10.8. The SMILES string of the molecule is N#Cc1cc(N2CC(O)C(O)C2)ccn1. The highest BCUT2D eigenvalue weighted by atomic mass is 16.3. The van der Waals surface area contributed by atoms with E-state index in [-0.39, 0.29) is 0 Å². The Morgan fingerprint density at radius 3 is 2.67 bits per heavy atom. The second kappa shape index (κ2) is 3.85. The quantitative estimate of drug-likeness (QED) is 0.645. The van der Waals surface area contributed by atoms with Crippen molar-refractivity contribution in [1.29, 1.82) is 5.26 Å². The van der Waals surface area contributed by atoms with Gasteiger partial charge in [-0.25, -0.2) is 4.98 Å². The number of aromatic nitrogens is 1. The molecule has 2 unspecified atom stereocenters. The molecule has 0 bridgehead atoms. The lowest BCUT2D eigenvalue weighted by atomic mass is 10.3. The topological polar surface area (TPSA) is 80.4 Å². The fourth-order valence-electron chi connectivity index (χ4n) is 1.66. The number of anilines is 1. The van der Waals surface area contributed by atoms with Gasteiger partial charge < -0.3 is 15.1 Å². The van der Waals surface area contributed by atoms with Crippen LogP contribution in [0, 0.1) is 11.3 Å². The molecule has 2 heterocycles. The molecule has 5 heteroatoms. The molecule has 15 heavy (non-hydrogen) atoms. The van der Waals surface area contributed by atoms with Crippen LogP contribution in [0.15, 0.2) is 18.3 Å². The summed E-state index contributed by atoms with van der Waals surface area (Å²) >= 11 is 0. The molecular formula is C10H11N3O2. The molecule has 1 aromatic rings. The van der Waals surface area contributed by atoms with Gasteiger partial charge in [-0.05, 0) is 12.1 Å². The monoisotopic (exact) mass is 205 g/mol. The first-order valence-electron chi connectivity index (χ1n) is 4.68. The van der Waals surface area contributed by atoms with Gasteiger partial charge in [-0.2, -0.15) is 5.26 Å². The van der Waals surface area contributed by atoms with Crippen molar-refractivity contribution < 1.29 is 10.2 Å². The number of nitrogens with zero attached hydrogens (tertiary/aromatic N) is 3. The van der Waals surface area contributed by atoms with E-state index in [1.165, 1.54) is 0 Å². The summed E-state index contributed by atoms with van der Waals surface area (Å²) in [7, 11) is 0. The van der Waals surface area contributed by atoms with Gasteiger partial charge in [0.15, 0.2) is 0 Å². The summed E-state index contributed by atoms with van der Waals surface area (Å²) in [4.78, 5) is 5.69. The molecule has 2 atom stereocenters. The molecular weight excluding hydrogens is 194 g/mol. The minimum Gasteiger partial charge on any atom is -0.389 e. The molecule has 0 saturated carbocycles. The molecule has 0 spiro atoms. The van der Waals surface area contributed by atoms with E-state index < -0.39 is 12.2 Å². The highest BCUT2D eigenvalue weighted by Gasteiger charge is 2.29. The minimum absolute atomic E-state index is 0.336. The molecule has 1 aromatic heterocycles. The van der Waals surface area contributed by atoms with E-state index in [2.05, 4.69) is 4.98 Å². The fourth-order valence-corrected chi connectivity index (χ4v) is 1.66. The average Bonchev–Trinajstić information content (AvgIpc) is 2.59. The first-order valence-corrected chi connectivity index (χ1v) is 4.68. The Morgan fingerprint density at radius 2 is 2.07 bits per heavy atom. The molecule has 5 nitrogen and oxygen atoms in total. The number of nitriles is 1. The Hall–Kier alpha value is -1.64. The van der Waals surface area contributed by atoms with E-state index in [0.29, 0.717) is 18.8 Å². The largest absolute Gasteiger partial charge is 0.389 e. The first-order chi connectivity index (χ1) is 7.20. The van der Waals surface area contributed by atoms with E-state index in [1.54, 1.807) is 18.3 Å². The number of aliphatic hydroxyl groups is 2. The highest BCUT2D eigenvalue weighted by molar-refractivity contribution is 5.50. The van der Waals surface area contributed by atoms with E-state index in [9.17, 15) is 10.2 Å². The van der Waals surface area contributed by atoms with Crippen LogP contribution in [0.25, 0.3) is 0 Å². The Morgan fingerprint density at radius 1 is 1.40 bits per heavy atom. The van der Waals surface area contributed by atoms with Gasteiger partial charge in [-0.15, -0.1) is 0 Å². The van der Waals surface area contributed by atoms with Gasteiger partial charge in [0, 0.05) is 25.0 Å². The number of aliphatic hydroxyl groups excluding tert-OH is 2. The molecule has 0 radical (unpaired) electrons. The molecule has 0 aromatic carbocycles. The lowest BCUT2D eigenvalue weighted by molar-refractivity contribution is 0.0572. The number of hydrogen-bond acceptors (Lipinski definition) is 5. The van der Waals surface area contributed by atoms with Crippen LogP contribution in [0.1, 0.15) is 5.69 Å². The molecule has 0 aliphatic carbocycles. The summed E-state index contributed by atoms with van der Waals surface area (Å²) in [6.45, 7) is 0.770. The van der Waals surface area contributed by atoms with E-state index >= 15 is 0 Å². The summed E-state index contributed by atoms with van der Waals surface area (Å²) in [6, 6.07) is 5.35. The maximum absolute atomic E-state index is 9.38. The lowest BCUT2D eigenvalue weighted by Gasteiger charge is -2.17. The van der Waals surface area contributed by atoms with Crippen molar-refractivity contribution in [2.75, 3.05) is 18.0 Å². The van der Waals surface area contributed by atoms with Crippen molar-refractivity contribution in [2.45, 2.75) is 12.2 Å². The molecule has 1 aliphatic rings. The Bertz CT molecular complexity index is 392. The molecule has 2 rings (SSSR count). The van der Waals surface area contributed by atoms with Crippen LogP contribution < -0.4 is 4.90 Å². The third-order valence-electron chi connectivity index (χ3n) is 2.48. The molecule has 2 N–H and O–H groups in total. The van der Waals surface area contributed by atoms with Crippen LogP contribution in [-0.4, -0.2) is 40.5 Å². The van der Waals surface area contributed by atoms with E-state index in [0.717, 1.165) is 5.69 Å². The maximum Gasteiger partial charge on any atom is 0.142 e. The van der Waals surface area contributed by atoms with E-state index in [1.807, 2.05) is 11.0 Å². The summed E-state index contributed by atoms with van der Waals surface area (Å²) in [6.07, 6.45) is 0.109. The van der Waals surface area contributed by atoms with Crippen LogP contribution >= 0.6 is 0 Å². The zero-order valence-corrected chi connectivity index (χ0v) is 8.04. The highest BCUT2D eigenvalue weighted by Crippen LogP contribution is 2.20. The van der Waals surface area contributed by atoms with Crippen molar-refractivity contribution in [3.8, 4) is 6.07 Å². The van der Waals surface area contributed by atoms with Crippen molar-refractivity contribution in [1.82, 2.24) is 4.98 Å². The normalized spacial score (nSPS) is 25.3. The Kier molecular flexibility index (Phi) is 2.54. The third kappa shape index (κ3) is 1.91. The molecule has 78 valence electrons. The predicted octanol–water partition coefficient (Wildman–Crippen LogP) is -0.505. The van der Waals surface area contributed by atoms with Crippen LogP contribution in [0.2, 0.25) is 0 Å². The number of pyridine rings is 1. The van der Waals surface area contributed by atoms with Gasteiger partial charge in [0.1, 0.15) is 11.8 Å². The van der Waals surface area contributed by atoms with Gasteiger partial charge in [0.25, 0.3) is 0 Å². The van der Waals surface area contributed by atoms with Crippen LogP contribution in [0.4, 0.5) is 5.69 Å². The van der Waals surface area contributed by atoms with Gasteiger partial charge >= 0.3 is 0 Å². The summed E-state index contributed by atoms with van der Waals surface area (Å²) in [5.74, 6) is 0. The fraction of sp³-hybridized carbons (Fsp3) is 0.400. The summed E-state index contributed by atoms with van der Waals surface area (Å²) < 4.78 is 0. The van der Waals surface area contributed by atoms with E-state index in [4.69, 9.17) is 5.26 Å². The van der Waals surface area contributed by atoms with Crippen LogP contribution in [0.3, 0.4) is 0 Å². The number of hydrogen-bond donors (Lipinski definition) is 2. The minimum atomic E-state index is -0.719. The predicted molar refractivity (Wildman–Crippen MR) is 53.2 cm³/mol. The van der Waals surface area contributed by atoms with Crippen molar-refractivity contribution in [2.24, 2.45) is 0 Å². The van der Waals surface area contributed by atoms with Crippen molar-refractivity contribution in [3.63, 3.8) is 0 Å². The second-order valence-electron chi connectivity index (χ2n) is 3.55. The standard InChI is InChI=1S/C10H11N3O2/c11-4-7-3-8(1-2-12-7)13-5-9(14)10(15)6-13/h1-3,9-10,14-15H,5-6H2. The smallest absolute Gasteiger partial charge is 0.142 e. The van der Waals surface area contributed by atoms with Crippen molar-refractivity contribution in [3.05, 3.63) is 24.0 Å². The van der Waals surface area contributed by atoms with Crippen LogP contribution in [0.5, 0.6) is 0 Å². The number of β-amino-alcohol motifs (C(OH)–C–C–N with tert-alkyl or cyclic N) is 2. The summed E-state index contributed by atoms with van der Waals surface area (Å²) in [5, 5.41) is 27.4. The molecule has 0 amide bonds. The van der Waals surface area contributed by atoms with Gasteiger partial charge in [0.05, 0.1) is 12.2 Å². The molecule has 1 fully saturated rings. The van der Waals surface area contributed by atoms with Crippen LogP contribution in [-0.2, 0) is 0 Å². The zero-order valence-electron chi connectivity index (χ0n) is 8.04. The van der Waals surface area contributed by atoms with Gasteiger partial charge in [-0.1, -0.05) is 0 Å². The summed E-state index contributed by atoms with van der Waals surface area (Å²) in [5.41, 5.74) is 1.14. The first kappa shape index (κ1) is 9.90. The molecule has 1 saturated heterocycles. The molecule has 1 aliphatic heterocycles. The Balaban J connectivity index is 2.21. The maximum atomic E-state index is 9.38. The second-order valence-corrected chi connectivity index (χ2v) is 3.55. The van der Waals surface area contributed by atoms with Gasteiger partial charge in [0.2, 0.25) is 0 Å². The lowest BCUT2D eigenvalue weighted by Crippen LogP contribution is -2.22. The van der Waals surface area contributed by atoms with Gasteiger partial charge in [-0.3, -0.25) is 0 Å². The number of rotatable bonds is 1. The average molecular weight is 205 g/mol.